The molecule has 1 atom stereocenters. The minimum absolute atomic E-state index is 0.0568. The number of hydrogen-bond donors (Lipinski definition) is 1. The molecule has 0 spiro atoms. The molecule has 0 aliphatic carbocycles. The number of rotatable bonds is 6. The van der Waals surface area contributed by atoms with Crippen molar-refractivity contribution in [2.75, 3.05) is 6.61 Å². The number of halogens is 1. The van der Waals surface area contributed by atoms with Gasteiger partial charge in [-0.15, -0.1) is 0 Å². The molecule has 0 bridgehead atoms. The fraction of sp³-hybridized carbons (Fsp3) is 0.571. The van der Waals surface area contributed by atoms with Gasteiger partial charge in [-0.2, -0.15) is 0 Å². The van der Waals surface area contributed by atoms with E-state index in [-0.39, 0.29) is 6.04 Å². The topological polar surface area (TPSA) is 35.2 Å². The second-order valence-corrected chi connectivity index (χ2v) is 5.72. The van der Waals surface area contributed by atoms with Crippen molar-refractivity contribution in [3.8, 4) is 5.75 Å². The van der Waals surface area contributed by atoms with Gasteiger partial charge in [0.05, 0.1) is 11.1 Å². The van der Waals surface area contributed by atoms with Crippen LogP contribution in [0.4, 0.5) is 0 Å². The van der Waals surface area contributed by atoms with E-state index >= 15 is 0 Å². The van der Waals surface area contributed by atoms with Crippen molar-refractivity contribution in [1.29, 1.82) is 0 Å². The predicted octanol–water partition coefficient (Wildman–Crippen LogP) is 4.28. The average Bonchev–Trinajstić information content (AvgIpc) is 2.25. The molecule has 1 unspecified atom stereocenters. The highest BCUT2D eigenvalue weighted by atomic mass is 79.9. The molecule has 0 aromatic heterocycles. The van der Waals surface area contributed by atoms with Crippen LogP contribution in [0.2, 0.25) is 0 Å². The third-order valence-electron chi connectivity index (χ3n) is 2.67. The van der Waals surface area contributed by atoms with Gasteiger partial charge in [-0.25, -0.2) is 0 Å². The summed E-state index contributed by atoms with van der Waals surface area (Å²) in [6.07, 6.45) is 2.30. The first kappa shape index (κ1) is 14.5. The van der Waals surface area contributed by atoms with Crippen molar-refractivity contribution in [3.63, 3.8) is 0 Å². The highest BCUT2D eigenvalue weighted by Gasteiger charge is 2.05. The lowest BCUT2D eigenvalue weighted by Crippen LogP contribution is -2.05. The first-order valence-corrected chi connectivity index (χ1v) is 6.98. The molecule has 1 aromatic carbocycles. The van der Waals surface area contributed by atoms with E-state index in [0.717, 1.165) is 34.7 Å². The zero-order chi connectivity index (χ0) is 12.8. The minimum atomic E-state index is 0.0568. The minimum Gasteiger partial charge on any atom is -0.492 e. The Labute approximate surface area is 113 Å². The van der Waals surface area contributed by atoms with Gasteiger partial charge in [-0.1, -0.05) is 19.9 Å². The summed E-state index contributed by atoms with van der Waals surface area (Å²) in [5.41, 5.74) is 6.94. The van der Waals surface area contributed by atoms with E-state index in [9.17, 15) is 0 Å². The maximum absolute atomic E-state index is 5.83. The van der Waals surface area contributed by atoms with Crippen LogP contribution in [0, 0.1) is 5.92 Å². The molecule has 0 fully saturated rings. The first-order valence-electron chi connectivity index (χ1n) is 6.18. The molecule has 0 saturated carbocycles. The fourth-order valence-corrected chi connectivity index (χ4v) is 2.10. The zero-order valence-corrected chi connectivity index (χ0v) is 12.5. The van der Waals surface area contributed by atoms with Crippen LogP contribution >= 0.6 is 15.9 Å². The van der Waals surface area contributed by atoms with Gasteiger partial charge >= 0.3 is 0 Å². The van der Waals surface area contributed by atoms with E-state index in [4.69, 9.17) is 10.5 Å². The first-order chi connectivity index (χ1) is 8.00. The summed E-state index contributed by atoms with van der Waals surface area (Å²) in [6.45, 7) is 7.21. The largest absolute Gasteiger partial charge is 0.492 e. The van der Waals surface area contributed by atoms with Gasteiger partial charge in [0, 0.05) is 6.04 Å². The third kappa shape index (κ3) is 5.09. The number of hydrogen-bond acceptors (Lipinski definition) is 2. The highest BCUT2D eigenvalue weighted by molar-refractivity contribution is 9.10. The van der Waals surface area contributed by atoms with Gasteiger partial charge in [0.1, 0.15) is 5.75 Å². The van der Waals surface area contributed by atoms with Crippen LogP contribution in [0.3, 0.4) is 0 Å². The van der Waals surface area contributed by atoms with Crippen LogP contribution < -0.4 is 10.5 Å². The van der Waals surface area contributed by atoms with Gasteiger partial charge in [0.25, 0.3) is 0 Å². The smallest absolute Gasteiger partial charge is 0.133 e. The van der Waals surface area contributed by atoms with Crippen LogP contribution in [0.1, 0.15) is 45.2 Å². The Morgan fingerprint density at radius 2 is 2.00 bits per heavy atom. The van der Waals surface area contributed by atoms with E-state index in [0.29, 0.717) is 0 Å². The van der Waals surface area contributed by atoms with Crippen molar-refractivity contribution in [1.82, 2.24) is 0 Å². The molecule has 0 heterocycles. The van der Waals surface area contributed by atoms with Crippen LogP contribution in [0.25, 0.3) is 0 Å². The highest BCUT2D eigenvalue weighted by Crippen LogP contribution is 2.28. The fourth-order valence-electron chi connectivity index (χ4n) is 1.59. The van der Waals surface area contributed by atoms with Crippen LogP contribution in [0.5, 0.6) is 5.75 Å². The molecule has 0 aliphatic rings. The molecule has 0 aliphatic heterocycles. The van der Waals surface area contributed by atoms with E-state index in [1.807, 2.05) is 25.1 Å². The van der Waals surface area contributed by atoms with Crippen LogP contribution in [0.15, 0.2) is 22.7 Å². The molecule has 0 saturated heterocycles. The van der Waals surface area contributed by atoms with Crippen LogP contribution in [-0.4, -0.2) is 6.61 Å². The molecule has 2 N–H and O–H groups in total. The molecule has 3 heteroatoms. The quantitative estimate of drug-likeness (QED) is 0.796. The lowest BCUT2D eigenvalue weighted by Gasteiger charge is -2.12. The summed E-state index contributed by atoms with van der Waals surface area (Å²) in [4.78, 5) is 0. The molecular formula is C14H22BrNO. The average molecular weight is 300 g/mol. The molecule has 0 amide bonds. The van der Waals surface area contributed by atoms with E-state index in [1.165, 1.54) is 6.42 Å². The SMILES string of the molecule is CC(C)CCCOc1ccc(C(C)N)cc1Br. The number of nitrogens with two attached hydrogens (primary N) is 1. The van der Waals surface area contributed by atoms with Crippen molar-refractivity contribution < 1.29 is 4.74 Å². The summed E-state index contributed by atoms with van der Waals surface area (Å²) in [6, 6.07) is 6.09. The Morgan fingerprint density at radius 1 is 1.29 bits per heavy atom. The number of ether oxygens (including phenoxy) is 1. The Morgan fingerprint density at radius 3 is 2.53 bits per heavy atom. The summed E-state index contributed by atoms with van der Waals surface area (Å²) >= 11 is 3.52. The van der Waals surface area contributed by atoms with Gasteiger partial charge in [-0.3, -0.25) is 0 Å². The lowest BCUT2D eigenvalue weighted by atomic mass is 10.1. The Bertz CT molecular complexity index is 350. The van der Waals surface area contributed by atoms with Crippen molar-refractivity contribution >= 4 is 15.9 Å². The summed E-state index contributed by atoms with van der Waals surface area (Å²) in [7, 11) is 0. The van der Waals surface area contributed by atoms with Crippen molar-refractivity contribution in [2.45, 2.75) is 39.7 Å². The standard InChI is InChI=1S/C14H22BrNO/c1-10(2)5-4-8-17-14-7-6-12(11(3)16)9-13(14)15/h6-7,9-11H,4-5,8,16H2,1-3H3. The molecule has 96 valence electrons. The van der Waals surface area contributed by atoms with Gasteiger partial charge in [0.2, 0.25) is 0 Å². The normalized spacial score (nSPS) is 12.8. The van der Waals surface area contributed by atoms with E-state index < -0.39 is 0 Å². The van der Waals surface area contributed by atoms with E-state index in [2.05, 4.69) is 29.8 Å². The zero-order valence-electron chi connectivity index (χ0n) is 10.9. The Balaban J connectivity index is 2.49. The maximum Gasteiger partial charge on any atom is 0.133 e. The maximum atomic E-state index is 5.83. The molecule has 1 aromatic rings. The Kier molecular flexibility index (Phi) is 6.00. The Hall–Kier alpha value is -0.540. The molecule has 0 radical (unpaired) electrons. The summed E-state index contributed by atoms with van der Waals surface area (Å²) in [5, 5.41) is 0. The molecule has 1 rings (SSSR count). The van der Waals surface area contributed by atoms with Gasteiger partial charge in [0.15, 0.2) is 0 Å². The number of benzene rings is 1. The second-order valence-electron chi connectivity index (χ2n) is 4.86. The van der Waals surface area contributed by atoms with Gasteiger partial charge in [-0.05, 0) is 59.3 Å². The monoisotopic (exact) mass is 299 g/mol. The summed E-state index contributed by atoms with van der Waals surface area (Å²) < 4.78 is 6.72. The lowest BCUT2D eigenvalue weighted by molar-refractivity contribution is 0.296. The molecule has 2 nitrogen and oxygen atoms in total. The van der Waals surface area contributed by atoms with E-state index in [1.54, 1.807) is 0 Å². The van der Waals surface area contributed by atoms with Crippen molar-refractivity contribution in [3.05, 3.63) is 28.2 Å². The van der Waals surface area contributed by atoms with Crippen LogP contribution in [-0.2, 0) is 0 Å². The summed E-state index contributed by atoms with van der Waals surface area (Å²) in [5.74, 6) is 1.64. The van der Waals surface area contributed by atoms with Crippen molar-refractivity contribution in [2.24, 2.45) is 11.7 Å². The second kappa shape index (κ2) is 7.02. The molecular weight excluding hydrogens is 278 g/mol. The molecule has 17 heavy (non-hydrogen) atoms. The third-order valence-corrected chi connectivity index (χ3v) is 3.28. The van der Waals surface area contributed by atoms with Gasteiger partial charge < -0.3 is 10.5 Å². The predicted molar refractivity (Wildman–Crippen MR) is 76.3 cm³/mol.